The minimum Gasteiger partial charge on any atom is -0.351 e. The maximum absolute atomic E-state index is 11.8. The first-order chi connectivity index (χ1) is 12.9. The molecule has 6 nitrogen and oxygen atoms in total. The average Bonchev–Trinajstić information content (AvgIpc) is 3.07. The summed E-state index contributed by atoms with van der Waals surface area (Å²) in [5, 5.41) is 2.73. The van der Waals surface area contributed by atoms with Gasteiger partial charge in [-0.05, 0) is 43.2 Å². The van der Waals surface area contributed by atoms with E-state index in [1.807, 2.05) is 47.2 Å². The van der Waals surface area contributed by atoms with Crippen LogP contribution in [0.4, 0.5) is 4.79 Å². The summed E-state index contributed by atoms with van der Waals surface area (Å²) in [6, 6.07) is 15.1. The van der Waals surface area contributed by atoms with E-state index in [2.05, 4.69) is 31.3 Å². The van der Waals surface area contributed by atoms with Crippen LogP contribution in [0.1, 0.15) is 11.1 Å². The summed E-state index contributed by atoms with van der Waals surface area (Å²) in [7, 11) is 0. The van der Waals surface area contributed by atoms with Gasteiger partial charge >= 0.3 is 6.03 Å². The molecule has 138 valence electrons. The molecule has 0 fully saturated rings. The number of hydrogen-bond donors (Lipinski definition) is 2. The Morgan fingerprint density at radius 3 is 2.52 bits per heavy atom. The van der Waals surface area contributed by atoms with Gasteiger partial charge in [0.15, 0.2) is 5.16 Å². The number of aryl methyl sites for hydroxylation is 2. The van der Waals surface area contributed by atoms with Crippen LogP contribution in [0.2, 0.25) is 0 Å². The van der Waals surface area contributed by atoms with Gasteiger partial charge in [0.05, 0.1) is 11.4 Å². The number of hydrogen-bond acceptors (Lipinski definition) is 4. The zero-order valence-electron chi connectivity index (χ0n) is 15.1. The number of aromatic nitrogens is 2. The number of primary amides is 1. The van der Waals surface area contributed by atoms with Crippen molar-refractivity contribution >= 4 is 23.7 Å². The lowest BCUT2D eigenvalue weighted by atomic mass is 10.0. The number of thioether (sulfide) groups is 1. The van der Waals surface area contributed by atoms with Crippen LogP contribution < -0.4 is 11.1 Å². The van der Waals surface area contributed by atoms with E-state index in [0.29, 0.717) is 5.16 Å². The molecule has 0 unspecified atom stereocenters. The number of imide groups is 1. The summed E-state index contributed by atoms with van der Waals surface area (Å²) in [6.07, 6.45) is 1.95. The van der Waals surface area contributed by atoms with Gasteiger partial charge in [0.1, 0.15) is 0 Å². The summed E-state index contributed by atoms with van der Waals surface area (Å²) in [6.45, 7) is 4.14. The first kappa shape index (κ1) is 18.7. The third kappa shape index (κ3) is 4.57. The van der Waals surface area contributed by atoms with Crippen LogP contribution in [0.25, 0.3) is 16.9 Å². The molecule has 3 amide bonds. The number of nitrogens with one attached hydrogen (secondary N) is 1. The lowest BCUT2D eigenvalue weighted by Gasteiger charge is -2.06. The van der Waals surface area contributed by atoms with Gasteiger partial charge in [0, 0.05) is 17.4 Å². The largest absolute Gasteiger partial charge is 0.351 e. The van der Waals surface area contributed by atoms with Crippen molar-refractivity contribution < 1.29 is 9.59 Å². The number of para-hydroxylation sites is 1. The zero-order chi connectivity index (χ0) is 19.4. The highest BCUT2D eigenvalue weighted by Crippen LogP contribution is 2.28. The number of imidazole rings is 1. The number of urea groups is 1. The summed E-state index contributed by atoms with van der Waals surface area (Å²) < 4.78 is 1.94. The summed E-state index contributed by atoms with van der Waals surface area (Å²) in [5.74, 6) is -0.415. The second-order valence-electron chi connectivity index (χ2n) is 6.11. The standard InChI is InChI=1S/C20H20N4O2S/c1-13-8-9-15(10-14(13)2)17-11-24(16-6-4-3-5-7-16)20(22-17)27-12-18(25)23-19(21)26/h3-11H,12H2,1-2H3,(H3,21,23,25,26). The summed E-state index contributed by atoms with van der Waals surface area (Å²) in [5.41, 5.74) is 10.2. The van der Waals surface area contributed by atoms with Crippen LogP contribution in [0, 0.1) is 13.8 Å². The molecule has 1 heterocycles. The van der Waals surface area contributed by atoms with Crippen molar-refractivity contribution in [1.82, 2.24) is 14.9 Å². The number of carbonyl (C=O) groups excluding carboxylic acids is 2. The third-order valence-corrected chi connectivity index (χ3v) is 5.06. The summed E-state index contributed by atoms with van der Waals surface area (Å²) in [4.78, 5) is 27.3. The van der Waals surface area contributed by atoms with Crippen LogP contribution >= 0.6 is 11.8 Å². The molecule has 0 aliphatic carbocycles. The molecule has 0 saturated heterocycles. The fourth-order valence-electron chi connectivity index (χ4n) is 2.58. The maximum atomic E-state index is 11.8. The van der Waals surface area contributed by atoms with E-state index in [9.17, 15) is 9.59 Å². The van der Waals surface area contributed by atoms with Gasteiger partial charge in [0.25, 0.3) is 0 Å². The molecular formula is C20H20N4O2S. The molecule has 0 radical (unpaired) electrons. The molecular weight excluding hydrogens is 360 g/mol. The smallest absolute Gasteiger partial charge is 0.318 e. The van der Waals surface area contributed by atoms with E-state index >= 15 is 0 Å². The quantitative estimate of drug-likeness (QED) is 0.664. The van der Waals surface area contributed by atoms with Gasteiger partial charge in [-0.25, -0.2) is 9.78 Å². The zero-order valence-corrected chi connectivity index (χ0v) is 15.9. The fraction of sp³-hybridized carbons (Fsp3) is 0.150. The highest BCUT2D eigenvalue weighted by atomic mass is 32.2. The van der Waals surface area contributed by atoms with E-state index < -0.39 is 11.9 Å². The van der Waals surface area contributed by atoms with E-state index in [0.717, 1.165) is 16.9 Å². The second kappa shape index (κ2) is 8.09. The van der Waals surface area contributed by atoms with Crippen LogP contribution in [0.15, 0.2) is 59.9 Å². The highest BCUT2D eigenvalue weighted by molar-refractivity contribution is 7.99. The van der Waals surface area contributed by atoms with Gasteiger partial charge in [-0.15, -0.1) is 0 Å². The number of carbonyl (C=O) groups is 2. The van der Waals surface area contributed by atoms with Gasteiger partial charge in [-0.2, -0.15) is 0 Å². The molecule has 0 bridgehead atoms. The number of amides is 3. The Morgan fingerprint density at radius 1 is 1.11 bits per heavy atom. The molecule has 0 aliphatic heterocycles. The van der Waals surface area contributed by atoms with Crippen molar-refractivity contribution in [3.05, 3.63) is 65.9 Å². The topological polar surface area (TPSA) is 90.0 Å². The average molecular weight is 380 g/mol. The predicted octanol–water partition coefficient (Wildman–Crippen LogP) is 3.44. The van der Waals surface area contributed by atoms with Crippen LogP contribution in [-0.4, -0.2) is 27.2 Å². The van der Waals surface area contributed by atoms with Crippen molar-refractivity contribution in [2.24, 2.45) is 5.73 Å². The lowest BCUT2D eigenvalue weighted by molar-refractivity contribution is -0.117. The maximum Gasteiger partial charge on any atom is 0.318 e. The van der Waals surface area contributed by atoms with Crippen LogP contribution in [0.3, 0.4) is 0 Å². The molecule has 1 aromatic heterocycles. The number of nitrogens with zero attached hydrogens (tertiary/aromatic N) is 2. The molecule has 27 heavy (non-hydrogen) atoms. The Balaban J connectivity index is 1.95. The molecule has 0 saturated carbocycles. The van der Waals surface area contributed by atoms with E-state index in [1.54, 1.807) is 0 Å². The third-order valence-electron chi connectivity index (χ3n) is 4.11. The van der Waals surface area contributed by atoms with Crippen molar-refractivity contribution in [3.8, 4) is 16.9 Å². The normalized spacial score (nSPS) is 10.6. The Labute approximate surface area is 161 Å². The number of nitrogens with two attached hydrogens (primary N) is 1. The monoisotopic (exact) mass is 380 g/mol. The van der Waals surface area contributed by atoms with E-state index in [-0.39, 0.29) is 5.75 Å². The first-order valence-electron chi connectivity index (χ1n) is 8.38. The molecule has 3 N–H and O–H groups in total. The molecule has 0 atom stereocenters. The Bertz CT molecular complexity index is 983. The van der Waals surface area contributed by atoms with Crippen LogP contribution in [0.5, 0.6) is 0 Å². The summed E-state index contributed by atoms with van der Waals surface area (Å²) >= 11 is 1.25. The fourth-order valence-corrected chi connectivity index (χ4v) is 3.37. The number of benzene rings is 2. The Kier molecular flexibility index (Phi) is 5.61. The van der Waals surface area contributed by atoms with Gasteiger partial charge < -0.3 is 5.73 Å². The Morgan fingerprint density at radius 2 is 1.85 bits per heavy atom. The van der Waals surface area contributed by atoms with Crippen molar-refractivity contribution in [3.63, 3.8) is 0 Å². The van der Waals surface area contributed by atoms with Crippen molar-refractivity contribution in [2.75, 3.05) is 5.75 Å². The molecule has 2 aromatic carbocycles. The Hall–Kier alpha value is -3.06. The first-order valence-corrected chi connectivity index (χ1v) is 9.37. The molecule has 0 spiro atoms. The molecule has 7 heteroatoms. The minimum atomic E-state index is -0.858. The van der Waals surface area contributed by atoms with Gasteiger partial charge in [-0.3, -0.25) is 14.7 Å². The van der Waals surface area contributed by atoms with E-state index in [4.69, 9.17) is 10.7 Å². The SMILES string of the molecule is Cc1ccc(-c2cn(-c3ccccc3)c(SCC(=O)NC(N)=O)n2)cc1C. The van der Waals surface area contributed by atoms with Crippen molar-refractivity contribution in [1.29, 1.82) is 0 Å². The van der Waals surface area contributed by atoms with E-state index in [1.165, 1.54) is 22.9 Å². The minimum absolute atomic E-state index is 0.0408. The van der Waals surface area contributed by atoms with Crippen LogP contribution in [-0.2, 0) is 4.79 Å². The molecule has 3 aromatic rings. The lowest BCUT2D eigenvalue weighted by Crippen LogP contribution is -2.36. The van der Waals surface area contributed by atoms with Gasteiger partial charge in [-0.1, -0.05) is 42.1 Å². The second-order valence-corrected chi connectivity index (χ2v) is 7.06. The molecule has 3 rings (SSSR count). The predicted molar refractivity (Wildman–Crippen MR) is 107 cm³/mol. The highest BCUT2D eigenvalue weighted by Gasteiger charge is 2.14. The molecule has 0 aliphatic rings. The van der Waals surface area contributed by atoms with Gasteiger partial charge in [0.2, 0.25) is 5.91 Å². The number of rotatable bonds is 5. The van der Waals surface area contributed by atoms with Crippen molar-refractivity contribution in [2.45, 2.75) is 19.0 Å².